The van der Waals surface area contributed by atoms with Gasteiger partial charge in [-0.05, 0) is 24.3 Å². The van der Waals surface area contributed by atoms with E-state index >= 15 is 0 Å². The van der Waals surface area contributed by atoms with Crippen LogP contribution >= 0.6 is 11.3 Å². The number of fused-ring (bicyclic) bond motifs is 1. The molecule has 2 aromatic carbocycles. The highest BCUT2D eigenvalue weighted by molar-refractivity contribution is 7.22. The minimum Gasteiger partial charge on any atom is -0.322 e. The molecule has 0 radical (unpaired) electrons. The van der Waals surface area contributed by atoms with Gasteiger partial charge in [-0.2, -0.15) is 0 Å². The summed E-state index contributed by atoms with van der Waals surface area (Å²) in [4.78, 5) is 19.6. The standard InChI is InChI=1S/C20H21FN4OS/c21-16-7-5-15(6-8-16)13-24-9-11-25(12-10-24)14-19(26)23-20-22-17-3-1-2-4-18(17)27-20/h1-8H,9-14H2,(H,22,23,26)/p+2. The van der Waals surface area contributed by atoms with Gasteiger partial charge in [0.15, 0.2) is 11.7 Å². The third-order valence-electron chi connectivity index (χ3n) is 4.98. The summed E-state index contributed by atoms with van der Waals surface area (Å²) in [6, 6.07) is 14.6. The van der Waals surface area contributed by atoms with Gasteiger partial charge in [-0.15, -0.1) is 0 Å². The summed E-state index contributed by atoms with van der Waals surface area (Å²) < 4.78 is 14.1. The van der Waals surface area contributed by atoms with Gasteiger partial charge in [0.25, 0.3) is 5.91 Å². The molecule has 5 nitrogen and oxygen atoms in total. The van der Waals surface area contributed by atoms with Gasteiger partial charge in [0.2, 0.25) is 0 Å². The van der Waals surface area contributed by atoms with Crippen LogP contribution < -0.4 is 15.1 Å². The smallest absolute Gasteiger partial charge is 0.281 e. The topological polar surface area (TPSA) is 50.9 Å². The van der Waals surface area contributed by atoms with Crippen LogP contribution in [0.15, 0.2) is 48.5 Å². The van der Waals surface area contributed by atoms with Gasteiger partial charge in [0.05, 0.1) is 10.2 Å². The average molecular weight is 386 g/mol. The second-order valence-corrected chi connectivity index (χ2v) is 8.05. The number of anilines is 1. The van der Waals surface area contributed by atoms with Crippen LogP contribution in [0.4, 0.5) is 9.52 Å². The number of piperazine rings is 1. The van der Waals surface area contributed by atoms with E-state index in [0.717, 1.165) is 48.5 Å². The maximum atomic E-state index is 13.0. The van der Waals surface area contributed by atoms with Crippen molar-refractivity contribution in [2.75, 3.05) is 38.0 Å². The molecule has 27 heavy (non-hydrogen) atoms. The molecule has 1 amide bonds. The Balaban J connectivity index is 1.24. The highest BCUT2D eigenvalue weighted by Gasteiger charge is 2.25. The molecule has 1 aromatic heterocycles. The molecular formula is C20H23FN4OS+2. The molecule has 0 bridgehead atoms. The Morgan fingerprint density at radius 1 is 1.04 bits per heavy atom. The molecule has 1 fully saturated rings. The summed E-state index contributed by atoms with van der Waals surface area (Å²) in [5.74, 6) is -0.173. The van der Waals surface area contributed by atoms with E-state index in [2.05, 4.69) is 10.3 Å². The van der Waals surface area contributed by atoms with E-state index in [1.807, 2.05) is 36.4 Å². The first-order valence-electron chi connectivity index (χ1n) is 9.23. The zero-order valence-corrected chi connectivity index (χ0v) is 15.8. The lowest BCUT2D eigenvalue weighted by molar-refractivity contribution is -1.02. The zero-order valence-electron chi connectivity index (χ0n) is 15.0. The monoisotopic (exact) mass is 386 g/mol. The molecule has 0 atom stereocenters. The number of nitrogens with zero attached hydrogens (tertiary/aromatic N) is 1. The van der Waals surface area contributed by atoms with E-state index in [0.29, 0.717) is 11.7 Å². The third-order valence-corrected chi connectivity index (χ3v) is 5.93. The van der Waals surface area contributed by atoms with E-state index in [9.17, 15) is 9.18 Å². The molecule has 0 spiro atoms. The van der Waals surface area contributed by atoms with Crippen LogP contribution in [-0.4, -0.2) is 43.6 Å². The lowest BCUT2D eigenvalue weighted by Crippen LogP contribution is -3.28. The first kappa shape index (κ1) is 18.0. The Morgan fingerprint density at radius 3 is 2.48 bits per heavy atom. The number of amides is 1. The number of hydrogen-bond acceptors (Lipinski definition) is 3. The van der Waals surface area contributed by atoms with Crippen molar-refractivity contribution < 1.29 is 19.0 Å². The molecule has 4 rings (SSSR count). The number of hydrogen-bond donors (Lipinski definition) is 3. The molecule has 1 aliphatic heterocycles. The Hall–Kier alpha value is -2.35. The number of carbonyl (C=O) groups excluding carboxylic acids is 1. The van der Waals surface area contributed by atoms with Crippen molar-refractivity contribution in [2.45, 2.75) is 6.54 Å². The number of carbonyl (C=O) groups is 1. The van der Waals surface area contributed by atoms with E-state index in [1.54, 1.807) is 0 Å². The molecular weight excluding hydrogens is 363 g/mol. The van der Waals surface area contributed by atoms with Crippen LogP contribution in [0.1, 0.15) is 5.56 Å². The Labute approximate surface area is 161 Å². The van der Waals surface area contributed by atoms with E-state index < -0.39 is 0 Å². The molecule has 3 N–H and O–H groups in total. The van der Waals surface area contributed by atoms with Crippen LogP contribution in [0.3, 0.4) is 0 Å². The predicted molar refractivity (Wildman–Crippen MR) is 105 cm³/mol. The largest absolute Gasteiger partial charge is 0.322 e. The van der Waals surface area contributed by atoms with Crippen molar-refractivity contribution in [3.8, 4) is 0 Å². The molecule has 3 aromatic rings. The van der Waals surface area contributed by atoms with Crippen molar-refractivity contribution in [3.05, 3.63) is 59.9 Å². The Kier molecular flexibility index (Phi) is 5.42. The molecule has 0 unspecified atom stereocenters. The fourth-order valence-corrected chi connectivity index (χ4v) is 4.40. The summed E-state index contributed by atoms with van der Waals surface area (Å²) in [6.45, 7) is 5.33. The quantitative estimate of drug-likeness (QED) is 0.593. The molecule has 0 saturated carbocycles. The molecule has 0 aliphatic carbocycles. The fraction of sp³-hybridized carbons (Fsp3) is 0.300. The molecule has 7 heteroatoms. The van der Waals surface area contributed by atoms with Crippen LogP contribution in [0.5, 0.6) is 0 Å². The minimum atomic E-state index is -0.192. The summed E-state index contributed by atoms with van der Waals surface area (Å²) in [6.07, 6.45) is 0. The van der Waals surface area contributed by atoms with Gasteiger partial charge in [-0.25, -0.2) is 9.37 Å². The van der Waals surface area contributed by atoms with Crippen LogP contribution in [0.25, 0.3) is 10.2 Å². The maximum Gasteiger partial charge on any atom is 0.281 e. The van der Waals surface area contributed by atoms with Gasteiger partial charge < -0.3 is 9.80 Å². The predicted octanol–water partition coefficient (Wildman–Crippen LogP) is 0.358. The normalized spacial score (nSPS) is 19.9. The summed E-state index contributed by atoms with van der Waals surface area (Å²) in [5, 5.41) is 3.61. The number of para-hydroxylation sites is 1. The second-order valence-electron chi connectivity index (χ2n) is 7.01. The van der Waals surface area contributed by atoms with Crippen molar-refractivity contribution in [1.29, 1.82) is 0 Å². The number of quaternary nitrogens is 2. The summed E-state index contributed by atoms with van der Waals surface area (Å²) in [7, 11) is 0. The van der Waals surface area contributed by atoms with Crippen molar-refractivity contribution in [1.82, 2.24) is 4.98 Å². The van der Waals surface area contributed by atoms with Gasteiger partial charge >= 0.3 is 0 Å². The lowest BCUT2D eigenvalue weighted by atomic mass is 10.2. The molecule has 2 heterocycles. The van der Waals surface area contributed by atoms with E-state index in [1.165, 1.54) is 33.3 Å². The van der Waals surface area contributed by atoms with Crippen LogP contribution in [0.2, 0.25) is 0 Å². The summed E-state index contributed by atoms with van der Waals surface area (Å²) >= 11 is 1.51. The van der Waals surface area contributed by atoms with Crippen LogP contribution in [-0.2, 0) is 11.3 Å². The number of nitrogens with one attached hydrogen (secondary N) is 3. The number of benzene rings is 2. The number of thiazole rings is 1. The summed E-state index contributed by atoms with van der Waals surface area (Å²) in [5.41, 5.74) is 2.08. The maximum absolute atomic E-state index is 13.0. The number of rotatable bonds is 5. The van der Waals surface area contributed by atoms with Crippen LogP contribution in [0, 0.1) is 5.82 Å². The SMILES string of the molecule is O=C(C[NH+]1CC[NH+](Cc2ccc(F)cc2)CC1)Nc1nc2ccccc2s1. The van der Waals surface area contributed by atoms with Gasteiger partial charge in [0, 0.05) is 5.56 Å². The average Bonchev–Trinajstić information content (AvgIpc) is 3.07. The van der Waals surface area contributed by atoms with E-state index in [4.69, 9.17) is 0 Å². The fourth-order valence-electron chi connectivity index (χ4n) is 3.52. The number of halogens is 1. The first-order chi connectivity index (χ1) is 13.2. The molecule has 1 saturated heterocycles. The van der Waals surface area contributed by atoms with Gasteiger partial charge in [0.1, 0.15) is 38.5 Å². The molecule has 1 aliphatic rings. The number of aromatic nitrogens is 1. The third kappa shape index (κ3) is 4.68. The Bertz CT molecular complexity index is 886. The van der Waals surface area contributed by atoms with Gasteiger partial charge in [-0.3, -0.25) is 10.1 Å². The highest BCUT2D eigenvalue weighted by Crippen LogP contribution is 2.25. The zero-order chi connectivity index (χ0) is 18.6. The van der Waals surface area contributed by atoms with Crippen molar-refractivity contribution >= 4 is 32.6 Å². The van der Waals surface area contributed by atoms with Crippen molar-refractivity contribution in [2.24, 2.45) is 0 Å². The molecule has 140 valence electrons. The minimum absolute atomic E-state index is 0.0195. The lowest BCUT2D eigenvalue weighted by Gasteiger charge is -2.29. The highest BCUT2D eigenvalue weighted by atomic mass is 32.1. The van der Waals surface area contributed by atoms with Gasteiger partial charge in [-0.1, -0.05) is 35.6 Å². The van der Waals surface area contributed by atoms with E-state index in [-0.39, 0.29) is 11.7 Å². The van der Waals surface area contributed by atoms with Crippen molar-refractivity contribution in [3.63, 3.8) is 0 Å². The second kappa shape index (κ2) is 8.12. The Morgan fingerprint density at radius 2 is 1.74 bits per heavy atom. The first-order valence-corrected chi connectivity index (χ1v) is 10.0.